The molecule has 0 radical (unpaired) electrons. The molecule has 0 atom stereocenters. The zero-order chi connectivity index (χ0) is 22.2. The highest BCUT2D eigenvalue weighted by atomic mass is 16.2. The van der Waals surface area contributed by atoms with Crippen LogP contribution in [0.4, 0.5) is 0 Å². The minimum absolute atomic E-state index is 0.288. The van der Waals surface area contributed by atoms with E-state index in [2.05, 4.69) is 45.3 Å². The molecule has 172 valence electrons. The second-order valence-corrected chi connectivity index (χ2v) is 8.50. The SMILES string of the molecule is CCNC(=NCc1cccc(-n2cccn2)c1)N1CCN(CC(=O)N2CCCCC2)CC1. The minimum atomic E-state index is 0.288. The Kier molecular flexibility index (Phi) is 7.77. The number of carbonyl (C=O) groups excluding carboxylic acids is 1. The largest absolute Gasteiger partial charge is 0.357 e. The van der Waals surface area contributed by atoms with Crippen LogP contribution in [0.5, 0.6) is 0 Å². The second-order valence-electron chi connectivity index (χ2n) is 8.50. The average molecular weight is 438 g/mol. The first-order chi connectivity index (χ1) is 15.7. The molecule has 0 unspecified atom stereocenters. The van der Waals surface area contributed by atoms with Crippen LogP contribution in [-0.2, 0) is 11.3 Å². The maximum Gasteiger partial charge on any atom is 0.236 e. The Balaban J connectivity index is 1.32. The summed E-state index contributed by atoms with van der Waals surface area (Å²) in [6, 6.07) is 10.3. The Morgan fingerprint density at radius 3 is 2.56 bits per heavy atom. The molecule has 1 N–H and O–H groups in total. The highest BCUT2D eigenvalue weighted by Gasteiger charge is 2.24. The normalized spacial score (nSPS) is 18.1. The summed E-state index contributed by atoms with van der Waals surface area (Å²) in [5.41, 5.74) is 2.19. The number of benzene rings is 1. The third kappa shape index (κ3) is 5.88. The molecule has 0 spiro atoms. The van der Waals surface area contributed by atoms with Crippen LogP contribution in [0.2, 0.25) is 0 Å². The van der Waals surface area contributed by atoms with E-state index in [0.717, 1.165) is 75.9 Å². The standard InChI is InChI=1S/C24H35N7O/c1-2-25-24(26-19-21-8-6-9-22(18-21)31-13-7-10-27-31)30-16-14-28(15-17-30)20-23(32)29-11-4-3-5-12-29/h6-10,13,18H,2-5,11-12,14-17,19-20H2,1H3,(H,25,26). The van der Waals surface area contributed by atoms with Crippen LogP contribution in [0, 0.1) is 0 Å². The zero-order valence-electron chi connectivity index (χ0n) is 19.1. The minimum Gasteiger partial charge on any atom is -0.357 e. The Morgan fingerprint density at radius 1 is 1.03 bits per heavy atom. The number of amides is 1. The molecule has 2 aromatic rings. The predicted octanol–water partition coefficient (Wildman–Crippen LogP) is 1.97. The Hall–Kier alpha value is -2.87. The van der Waals surface area contributed by atoms with E-state index in [1.165, 1.54) is 6.42 Å². The lowest BCUT2D eigenvalue weighted by Gasteiger charge is -2.37. The van der Waals surface area contributed by atoms with Crippen LogP contribution in [-0.4, -0.2) is 88.7 Å². The van der Waals surface area contributed by atoms with Gasteiger partial charge in [0.05, 0.1) is 18.8 Å². The summed E-state index contributed by atoms with van der Waals surface area (Å²) in [6.45, 7) is 9.49. The molecular weight excluding hydrogens is 402 g/mol. The van der Waals surface area contributed by atoms with Gasteiger partial charge in [-0.2, -0.15) is 5.10 Å². The molecule has 0 saturated carbocycles. The average Bonchev–Trinajstić information content (AvgIpc) is 3.38. The Bertz CT molecular complexity index is 882. The highest BCUT2D eigenvalue weighted by Crippen LogP contribution is 2.12. The zero-order valence-corrected chi connectivity index (χ0v) is 19.1. The number of rotatable bonds is 6. The van der Waals surface area contributed by atoms with E-state index in [4.69, 9.17) is 4.99 Å². The number of guanidine groups is 1. The first-order valence-corrected chi connectivity index (χ1v) is 11.9. The first kappa shape index (κ1) is 22.3. The summed E-state index contributed by atoms with van der Waals surface area (Å²) in [5, 5.41) is 7.75. The number of piperidine rings is 1. The van der Waals surface area contributed by atoms with Crippen molar-refractivity contribution in [2.45, 2.75) is 32.7 Å². The molecule has 8 nitrogen and oxygen atoms in total. The highest BCUT2D eigenvalue weighted by molar-refractivity contribution is 5.80. The summed E-state index contributed by atoms with van der Waals surface area (Å²) < 4.78 is 1.86. The quantitative estimate of drug-likeness (QED) is 0.553. The number of aliphatic imine (C=N–C) groups is 1. The molecule has 4 rings (SSSR count). The van der Waals surface area contributed by atoms with Crippen molar-refractivity contribution in [2.24, 2.45) is 4.99 Å². The van der Waals surface area contributed by atoms with Gasteiger partial charge in [-0.1, -0.05) is 12.1 Å². The van der Waals surface area contributed by atoms with Crippen molar-refractivity contribution in [3.63, 3.8) is 0 Å². The topological polar surface area (TPSA) is 69.0 Å². The predicted molar refractivity (Wildman–Crippen MR) is 127 cm³/mol. The number of nitrogens with zero attached hydrogens (tertiary/aromatic N) is 6. The van der Waals surface area contributed by atoms with Crippen LogP contribution in [0.1, 0.15) is 31.7 Å². The Morgan fingerprint density at radius 2 is 1.84 bits per heavy atom. The number of aromatic nitrogens is 2. The van der Waals surface area contributed by atoms with E-state index in [-0.39, 0.29) is 5.91 Å². The van der Waals surface area contributed by atoms with Gasteiger partial charge in [0.15, 0.2) is 5.96 Å². The molecule has 0 bridgehead atoms. The summed E-state index contributed by atoms with van der Waals surface area (Å²) in [5.74, 6) is 1.23. The van der Waals surface area contributed by atoms with Crippen LogP contribution in [0.15, 0.2) is 47.7 Å². The van der Waals surface area contributed by atoms with Gasteiger partial charge in [0.25, 0.3) is 0 Å². The molecule has 1 amide bonds. The number of piperazine rings is 1. The second kappa shape index (κ2) is 11.1. The van der Waals surface area contributed by atoms with Crippen LogP contribution < -0.4 is 5.32 Å². The summed E-state index contributed by atoms with van der Waals surface area (Å²) in [7, 11) is 0. The van der Waals surface area contributed by atoms with E-state index < -0.39 is 0 Å². The van der Waals surface area contributed by atoms with Gasteiger partial charge >= 0.3 is 0 Å². The van der Waals surface area contributed by atoms with Crippen LogP contribution >= 0.6 is 0 Å². The van der Waals surface area contributed by atoms with Crippen molar-refractivity contribution >= 4 is 11.9 Å². The molecule has 2 aliphatic rings. The van der Waals surface area contributed by atoms with Crippen LogP contribution in [0.25, 0.3) is 5.69 Å². The maximum atomic E-state index is 12.6. The van der Waals surface area contributed by atoms with Gasteiger partial charge in [-0.05, 0) is 49.9 Å². The lowest BCUT2D eigenvalue weighted by Crippen LogP contribution is -2.54. The van der Waals surface area contributed by atoms with Crippen molar-refractivity contribution in [2.75, 3.05) is 52.4 Å². The molecule has 8 heteroatoms. The maximum absolute atomic E-state index is 12.6. The number of carbonyl (C=O) groups is 1. The van der Waals surface area contributed by atoms with Crippen molar-refractivity contribution in [1.29, 1.82) is 0 Å². The molecule has 32 heavy (non-hydrogen) atoms. The number of hydrogen-bond acceptors (Lipinski definition) is 4. The number of nitrogens with one attached hydrogen (secondary N) is 1. The fraction of sp³-hybridized carbons (Fsp3) is 0.542. The molecule has 2 fully saturated rings. The van der Waals surface area contributed by atoms with Gasteiger partial charge in [0.2, 0.25) is 5.91 Å². The smallest absolute Gasteiger partial charge is 0.236 e. The van der Waals surface area contributed by atoms with Crippen LogP contribution in [0.3, 0.4) is 0 Å². The summed E-state index contributed by atoms with van der Waals surface area (Å²) in [6.07, 6.45) is 7.28. The van der Waals surface area contributed by atoms with Gasteiger partial charge in [-0.3, -0.25) is 9.69 Å². The van der Waals surface area contributed by atoms with Crippen molar-refractivity contribution in [1.82, 2.24) is 29.8 Å². The molecule has 1 aromatic heterocycles. The molecule has 3 heterocycles. The molecular formula is C24H35N7O. The third-order valence-electron chi connectivity index (χ3n) is 6.17. The number of hydrogen-bond donors (Lipinski definition) is 1. The fourth-order valence-electron chi connectivity index (χ4n) is 4.36. The van der Waals surface area contributed by atoms with Gasteiger partial charge < -0.3 is 15.1 Å². The van der Waals surface area contributed by atoms with Crippen molar-refractivity contribution in [3.05, 3.63) is 48.3 Å². The molecule has 0 aliphatic carbocycles. The molecule has 2 aliphatic heterocycles. The van der Waals surface area contributed by atoms with Gasteiger partial charge in [0.1, 0.15) is 0 Å². The van der Waals surface area contributed by atoms with Gasteiger partial charge in [0, 0.05) is 58.2 Å². The fourth-order valence-corrected chi connectivity index (χ4v) is 4.36. The Labute approximate surface area is 190 Å². The molecule has 2 saturated heterocycles. The summed E-state index contributed by atoms with van der Waals surface area (Å²) in [4.78, 5) is 24.1. The van der Waals surface area contributed by atoms with E-state index in [9.17, 15) is 4.79 Å². The first-order valence-electron chi connectivity index (χ1n) is 11.9. The van der Waals surface area contributed by atoms with E-state index in [1.54, 1.807) is 6.20 Å². The lowest BCUT2D eigenvalue weighted by atomic mass is 10.1. The molecule has 1 aromatic carbocycles. The van der Waals surface area contributed by atoms with E-state index in [1.807, 2.05) is 27.9 Å². The monoisotopic (exact) mass is 437 g/mol. The van der Waals surface area contributed by atoms with Gasteiger partial charge in [-0.25, -0.2) is 9.67 Å². The number of likely N-dealkylation sites (tertiary alicyclic amines) is 1. The van der Waals surface area contributed by atoms with Crippen molar-refractivity contribution in [3.8, 4) is 5.69 Å². The van der Waals surface area contributed by atoms with Gasteiger partial charge in [-0.15, -0.1) is 0 Å². The lowest BCUT2D eigenvalue weighted by molar-refractivity contribution is -0.133. The van der Waals surface area contributed by atoms with E-state index in [0.29, 0.717) is 13.1 Å². The summed E-state index contributed by atoms with van der Waals surface area (Å²) >= 11 is 0. The van der Waals surface area contributed by atoms with E-state index >= 15 is 0 Å². The third-order valence-corrected chi connectivity index (χ3v) is 6.17. The van der Waals surface area contributed by atoms with Crippen molar-refractivity contribution < 1.29 is 4.79 Å².